The fourth-order valence-electron chi connectivity index (χ4n) is 4.64. The second-order valence-electron chi connectivity index (χ2n) is 9.81. The monoisotopic (exact) mass is 567 g/mol. The molecule has 1 N–H and O–H groups in total. The lowest BCUT2D eigenvalue weighted by molar-refractivity contribution is -0.117. The Hall–Kier alpha value is -3.00. The van der Waals surface area contributed by atoms with Crippen molar-refractivity contribution in [3.63, 3.8) is 0 Å². The molecule has 5 rings (SSSR count). The van der Waals surface area contributed by atoms with Crippen molar-refractivity contribution in [2.75, 3.05) is 5.75 Å². The summed E-state index contributed by atoms with van der Waals surface area (Å²) in [5, 5.41) is 5.23. The Kier molecular flexibility index (Phi) is 7.20. The number of benzene rings is 3. The Balaban J connectivity index is 1.32. The fourth-order valence-corrected chi connectivity index (χ4v) is 6.44. The maximum Gasteiger partial charge on any atom is 0.257 e. The molecule has 4 aromatic rings. The average Bonchev–Trinajstić information content (AvgIpc) is 3.51. The molecule has 1 aliphatic rings. The molecule has 0 aliphatic heterocycles. The lowest BCUT2D eigenvalue weighted by Crippen LogP contribution is -2.13. The normalized spacial score (nSPS) is 15.7. The first-order valence-electron chi connectivity index (χ1n) is 12.4. The lowest BCUT2D eigenvalue weighted by Gasteiger charge is -2.17. The summed E-state index contributed by atoms with van der Waals surface area (Å²) in [6.45, 7) is 3.75. The van der Waals surface area contributed by atoms with Crippen molar-refractivity contribution in [1.82, 2.24) is 10.1 Å². The van der Waals surface area contributed by atoms with Crippen molar-refractivity contribution in [2.24, 2.45) is 0 Å². The number of ketones is 1. The zero-order chi connectivity index (χ0) is 27.1. The van der Waals surface area contributed by atoms with E-state index < -0.39 is 15.1 Å². The molecule has 9 heteroatoms. The van der Waals surface area contributed by atoms with Crippen LogP contribution in [0.1, 0.15) is 47.8 Å². The first kappa shape index (κ1) is 26.6. The Morgan fingerprint density at radius 3 is 2.18 bits per heavy atom. The van der Waals surface area contributed by atoms with Gasteiger partial charge < -0.3 is 4.52 Å². The fraction of sp³-hybridized carbons (Fsp3) is 0.276. The minimum Gasteiger partial charge on any atom is -0.334 e. The molecule has 1 heterocycles. The van der Waals surface area contributed by atoms with Gasteiger partial charge in [0.15, 0.2) is 5.82 Å². The van der Waals surface area contributed by atoms with E-state index in [0.29, 0.717) is 26.7 Å². The van der Waals surface area contributed by atoms with E-state index in [1.807, 2.05) is 31.2 Å². The predicted molar refractivity (Wildman–Crippen MR) is 149 cm³/mol. The molecule has 1 fully saturated rings. The van der Waals surface area contributed by atoms with E-state index in [9.17, 15) is 9.00 Å². The number of hydrogen-bond donors (Lipinski definition) is 1. The van der Waals surface area contributed by atoms with Crippen molar-refractivity contribution in [3.05, 3.63) is 98.8 Å². The molecule has 6 nitrogen and oxygen atoms in total. The molecule has 1 atom stereocenters. The molecule has 3 aromatic carbocycles. The molecule has 1 aliphatic carbocycles. The highest BCUT2D eigenvalue weighted by molar-refractivity contribution is 7.92. The van der Waals surface area contributed by atoms with Gasteiger partial charge in [-0.3, -0.25) is 4.79 Å². The van der Waals surface area contributed by atoms with Crippen molar-refractivity contribution in [1.29, 1.82) is 4.78 Å². The molecule has 1 saturated carbocycles. The standard InChI is InChI=1S/C29H27Cl2N3O3S/c1-3-38(32,36)23-10-6-19(7-11-23)14-22(35)15-20-16-24(30)26(25(31)17-20)29(12-13-29)28-33-27(37-34-28)21-8-4-18(2)5-9-21/h4-11,16-17,32H,3,12-15H2,1-2H3. The van der Waals surface area contributed by atoms with Gasteiger partial charge in [0.25, 0.3) is 5.89 Å². The highest BCUT2D eigenvalue weighted by Gasteiger charge is 2.52. The average molecular weight is 569 g/mol. The van der Waals surface area contributed by atoms with E-state index in [2.05, 4.69) is 10.1 Å². The molecule has 1 aromatic heterocycles. The van der Waals surface area contributed by atoms with Crippen molar-refractivity contribution in [2.45, 2.75) is 49.8 Å². The molecule has 0 saturated heterocycles. The van der Waals surface area contributed by atoms with E-state index in [1.54, 1.807) is 43.3 Å². The summed E-state index contributed by atoms with van der Waals surface area (Å²) in [4.78, 5) is 18.0. The number of halogens is 2. The molecule has 1 unspecified atom stereocenters. The largest absolute Gasteiger partial charge is 0.334 e. The van der Waals surface area contributed by atoms with Crippen molar-refractivity contribution < 1.29 is 13.5 Å². The third-order valence-corrected chi connectivity index (χ3v) is 9.44. The topological polar surface area (TPSA) is 96.9 Å². The summed E-state index contributed by atoms with van der Waals surface area (Å²) >= 11 is 13.5. The van der Waals surface area contributed by atoms with Crippen LogP contribution in [0.3, 0.4) is 0 Å². The summed E-state index contributed by atoms with van der Waals surface area (Å²) in [6.07, 6.45) is 2.00. The van der Waals surface area contributed by atoms with Crippen LogP contribution in [0.25, 0.3) is 11.5 Å². The summed E-state index contributed by atoms with van der Waals surface area (Å²) < 4.78 is 25.7. The van der Waals surface area contributed by atoms with Crippen LogP contribution >= 0.6 is 23.2 Å². The van der Waals surface area contributed by atoms with Gasteiger partial charge in [-0.15, -0.1) is 0 Å². The first-order chi connectivity index (χ1) is 18.1. The number of aryl methyl sites for hydroxylation is 1. The minimum absolute atomic E-state index is 0.00164. The van der Waals surface area contributed by atoms with Crippen LogP contribution in [-0.2, 0) is 32.8 Å². The number of carbonyl (C=O) groups is 1. The van der Waals surface area contributed by atoms with Gasteiger partial charge in [0.2, 0.25) is 0 Å². The van der Waals surface area contributed by atoms with E-state index in [1.165, 1.54) is 0 Å². The molecule has 0 spiro atoms. The van der Waals surface area contributed by atoms with Gasteiger partial charge in [0.1, 0.15) is 5.78 Å². The number of carbonyl (C=O) groups excluding carboxylic acids is 1. The predicted octanol–water partition coefficient (Wildman–Crippen LogP) is 7.21. The van der Waals surface area contributed by atoms with Crippen LogP contribution in [-0.4, -0.2) is 25.9 Å². The van der Waals surface area contributed by atoms with Crippen LogP contribution in [0.15, 0.2) is 70.1 Å². The zero-order valence-electron chi connectivity index (χ0n) is 21.1. The maximum atomic E-state index is 12.8. The molecule has 0 bridgehead atoms. The van der Waals surface area contributed by atoms with Gasteiger partial charge >= 0.3 is 0 Å². The van der Waals surface area contributed by atoms with Crippen molar-refractivity contribution in [3.8, 4) is 11.5 Å². The van der Waals surface area contributed by atoms with Crippen LogP contribution in [0, 0.1) is 11.7 Å². The quantitative estimate of drug-likeness (QED) is 0.230. The van der Waals surface area contributed by atoms with Crippen LogP contribution in [0.5, 0.6) is 0 Å². The third-order valence-electron chi connectivity index (χ3n) is 7.00. The highest BCUT2D eigenvalue weighted by atomic mass is 35.5. The van der Waals surface area contributed by atoms with Crippen LogP contribution < -0.4 is 0 Å². The van der Waals surface area contributed by atoms with Gasteiger partial charge in [-0.1, -0.05) is 65.1 Å². The summed E-state index contributed by atoms with van der Waals surface area (Å²) in [6, 6.07) is 18.3. The summed E-state index contributed by atoms with van der Waals surface area (Å²) in [5.41, 5.74) is 3.80. The van der Waals surface area contributed by atoms with Gasteiger partial charge in [-0.2, -0.15) is 4.98 Å². The SMILES string of the molecule is CCS(=N)(=O)c1ccc(CC(=O)Cc2cc(Cl)c(C3(c4noc(-c5ccc(C)cc5)n4)CC3)c(Cl)c2)cc1. The minimum atomic E-state index is -2.78. The molecular formula is C29H27Cl2N3O3S. The zero-order valence-corrected chi connectivity index (χ0v) is 23.4. The smallest absolute Gasteiger partial charge is 0.257 e. The van der Waals surface area contributed by atoms with E-state index in [4.69, 9.17) is 32.5 Å². The second kappa shape index (κ2) is 10.3. The number of rotatable bonds is 9. The van der Waals surface area contributed by atoms with Gasteiger partial charge in [-0.05, 0) is 67.3 Å². The summed E-state index contributed by atoms with van der Waals surface area (Å²) in [7, 11) is -2.78. The van der Waals surface area contributed by atoms with Gasteiger partial charge in [0.05, 0.1) is 15.1 Å². The Bertz CT molecular complexity index is 1580. The number of nitrogens with one attached hydrogen (secondary N) is 1. The first-order valence-corrected chi connectivity index (χ1v) is 14.9. The van der Waals surface area contributed by atoms with E-state index in [0.717, 1.165) is 40.7 Å². The molecule has 0 radical (unpaired) electrons. The molecule has 196 valence electrons. The Labute approximate surface area is 232 Å². The number of nitrogens with zero attached hydrogens (tertiary/aromatic N) is 2. The number of Topliss-reactive ketones (excluding diaryl/α,β-unsaturated/α-hetero) is 1. The Morgan fingerprint density at radius 1 is 1.00 bits per heavy atom. The number of hydrogen-bond acceptors (Lipinski definition) is 6. The third kappa shape index (κ3) is 5.28. The van der Waals surface area contributed by atoms with Gasteiger partial charge in [-0.25, -0.2) is 8.99 Å². The lowest BCUT2D eigenvalue weighted by atomic mass is 9.92. The number of aromatic nitrogens is 2. The summed E-state index contributed by atoms with van der Waals surface area (Å²) in [5.74, 6) is 1.27. The van der Waals surface area contributed by atoms with Crippen molar-refractivity contribution >= 4 is 38.7 Å². The maximum absolute atomic E-state index is 12.8. The van der Waals surface area contributed by atoms with Crippen LogP contribution in [0.4, 0.5) is 0 Å². The highest BCUT2D eigenvalue weighted by Crippen LogP contribution is 2.56. The molecular weight excluding hydrogens is 541 g/mol. The molecule has 38 heavy (non-hydrogen) atoms. The van der Waals surface area contributed by atoms with E-state index in [-0.39, 0.29) is 24.4 Å². The van der Waals surface area contributed by atoms with E-state index >= 15 is 0 Å². The van der Waals surface area contributed by atoms with Crippen LogP contribution in [0.2, 0.25) is 10.0 Å². The second-order valence-corrected chi connectivity index (χ2v) is 13.0. The molecule has 0 amide bonds. The Morgan fingerprint density at radius 2 is 1.61 bits per heavy atom. The van der Waals surface area contributed by atoms with Gasteiger partial charge in [0, 0.05) is 44.7 Å².